The first kappa shape index (κ1) is 13.4. The number of nitrogens with zero attached hydrogens (tertiary/aromatic N) is 3. The van der Waals surface area contributed by atoms with Gasteiger partial charge in [0.2, 0.25) is 0 Å². The molecule has 2 rings (SSSR count). The Bertz CT molecular complexity index is 697. The summed E-state index contributed by atoms with van der Waals surface area (Å²) in [6.07, 6.45) is 1.39. The smallest absolute Gasteiger partial charge is 0.274 e. The van der Waals surface area contributed by atoms with E-state index in [4.69, 9.17) is 0 Å². The van der Waals surface area contributed by atoms with Crippen LogP contribution in [0.15, 0.2) is 39.9 Å². The number of aromatic nitrogens is 2. The molecule has 0 N–H and O–H groups in total. The van der Waals surface area contributed by atoms with Crippen LogP contribution in [0.5, 0.6) is 0 Å². The fourth-order valence-corrected chi connectivity index (χ4v) is 2.00. The molecule has 1 heterocycles. The highest BCUT2D eigenvalue weighted by atomic mass is 79.9. The monoisotopic (exact) mass is 323 g/mol. The number of benzene rings is 1. The number of halogens is 1. The van der Waals surface area contributed by atoms with E-state index in [-0.39, 0.29) is 17.8 Å². The second-order valence-corrected chi connectivity index (χ2v) is 4.76. The second kappa shape index (κ2) is 5.31. The minimum Gasteiger partial charge on any atom is -0.294 e. The normalized spacial score (nSPS) is 10.4. The first-order valence-corrected chi connectivity index (χ1v) is 6.24. The van der Waals surface area contributed by atoms with E-state index >= 15 is 0 Å². The van der Waals surface area contributed by atoms with Crippen molar-refractivity contribution >= 4 is 21.6 Å². The summed E-state index contributed by atoms with van der Waals surface area (Å²) in [7, 11) is 0. The second-order valence-electron chi connectivity index (χ2n) is 3.96. The van der Waals surface area contributed by atoms with E-state index in [1.54, 1.807) is 25.1 Å². The lowest BCUT2D eigenvalue weighted by Gasteiger charge is -2.07. The first-order valence-electron chi connectivity index (χ1n) is 5.44. The Morgan fingerprint density at radius 3 is 2.79 bits per heavy atom. The van der Waals surface area contributed by atoms with Crippen LogP contribution >= 0.6 is 15.9 Å². The zero-order chi connectivity index (χ0) is 14.0. The minimum atomic E-state index is -0.461. The van der Waals surface area contributed by atoms with Crippen LogP contribution < -0.4 is 5.56 Å². The van der Waals surface area contributed by atoms with Crippen LogP contribution in [0.4, 0.5) is 5.69 Å². The number of aryl methyl sites for hydroxylation is 1. The molecule has 7 heteroatoms. The molecule has 0 aliphatic rings. The van der Waals surface area contributed by atoms with Gasteiger partial charge < -0.3 is 0 Å². The topological polar surface area (TPSA) is 78.0 Å². The highest BCUT2D eigenvalue weighted by Gasteiger charge is 2.14. The maximum absolute atomic E-state index is 12.0. The van der Waals surface area contributed by atoms with Crippen molar-refractivity contribution < 1.29 is 4.92 Å². The van der Waals surface area contributed by atoms with E-state index in [0.29, 0.717) is 15.7 Å². The van der Waals surface area contributed by atoms with Crippen LogP contribution in [0.25, 0.3) is 0 Å². The van der Waals surface area contributed by atoms with Crippen LogP contribution in [0, 0.1) is 17.0 Å². The van der Waals surface area contributed by atoms with Crippen molar-refractivity contribution in [1.29, 1.82) is 0 Å². The van der Waals surface area contributed by atoms with Crippen molar-refractivity contribution in [2.75, 3.05) is 0 Å². The number of nitro benzene ring substituents is 1. The van der Waals surface area contributed by atoms with Gasteiger partial charge in [-0.15, -0.1) is 0 Å². The van der Waals surface area contributed by atoms with Crippen molar-refractivity contribution in [1.82, 2.24) is 9.55 Å². The number of rotatable bonds is 3. The molecule has 0 radical (unpaired) electrons. The van der Waals surface area contributed by atoms with Gasteiger partial charge in [-0.05, 0) is 22.9 Å². The Balaban J connectivity index is 2.46. The number of para-hydroxylation sites is 1. The van der Waals surface area contributed by atoms with E-state index in [2.05, 4.69) is 20.9 Å². The maximum atomic E-state index is 12.0. The highest BCUT2D eigenvalue weighted by Crippen LogP contribution is 2.18. The first-order chi connectivity index (χ1) is 9.00. The van der Waals surface area contributed by atoms with Crippen molar-refractivity contribution in [3.8, 4) is 0 Å². The van der Waals surface area contributed by atoms with Gasteiger partial charge in [-0.1, -0.05) is 18.2 Å². The minimum absolute atomic E-state index is 0.00824. The summed E-state index contributed by atoms with van der Waals surface area (Å²) in [5.41, 5.74) is 0.785. The Kier molecular flexibility index (Phi) is 3.75. The Morgan fingerprint density at radius 1 is 1.42 bits per heavy atom. The summed E-state index contributed by atoms with van der Waals surface area (Å²) in [4.78, 5) is 26.5. The Morgan fingerprint density at radius 2 is 2.11 bits per heavy atom. The van der Waals surface area contributed by atoms with Crippen molar-refractivity contribution in [3.05, 3.63) is 66.8 Å². The Labute approximate surface area is 117 Å². The molecule has 0 fully saturated rings. The Hall–Kier alpha value is -2.02. The number of nitro groups is 1. The quantitative estimate of drug-likeness (QED) is 0.641. The van der Waals surface area contributed by atoms with Gasteiger partial charge in [-0.3, -0.25) is 19.5 Å². The average Bonchev–Trinajstić information content (AvgIpc) is 2.40. The molecule has 0 saturated heterocycles. The molecular weight excluding hydrogens is 314 g/mol. The summed E-state index contributed by atoms with van der Waals surface area (Å²) in [6, 6.07) is 6.33. The van der Waals surface area contributed by atoms with Gasteiger partial charge in [0.15, 0.2) is 0 Å². The summed E-state index contributed by atoms with van der Waals surface area (Å²) < 4.78 is 1.70. The summed E-state index contributed by atoms with van der Waals surface area (Å²) >= 11 is 3.16. The summed E-state index contributed by atoms with van der Waals surface area (Å²) in [5.74, 6) is 0. The molecule has 0 aliphatic carbocycles. The number of hydrogen-bond donors (Lipinski definition) is 0. The van der Waals surface area contributed by atoms with E-state index in [9.17, 15) is 14.9 Å². The molecule has 0 unspecified atom stereocenters. The van der Waals surface area contributed by atoms with Crippen LogP contribution in [0.2, 0.25) is 0 Å². The van der Waals surface area contributed by atoms with Gasteiger partial charge in [0.25, 0.3) is 11.2 Å². The molecule has 1 aromatic heterocycles. The van der Waals surface area contributed by atoms with Crippen LogP contribution in [0.1, 0.15) is 11.3 Å². The third-order valence-corrected chi connectivity index (χ3v) is 3.60. The molecule has 1 aromatic carbocycles. The van der Waals surface area contributed by atoms with Gasteiger partial charge in [0, 0.05) is 11.6 Å². The zero-order valence-corrected chi connectivity index (χ0v) is 11.6. The zero-order valence-electron chi connectivity index (χ0n) is 10.0. The lowest BCUT2D eigenvalue weighted by atomic mass is 10.2. The van der Waals surface area contributed by atoms with Crippen molar-refractivity contribution in [3.63, 3.8) is 0 Å². The van der Waals surface area contributed by atoms with Crippen molar-refractivity contribution in [2.24, 2.45) is 0 Å². The molecule has 0 amide bonds. The van der Waals surface area contributed by atoms with Gasteiger partial charge in [-0.25, -0.2) is 4.98 Å². The molecule has 0 spiro atoms. The van der Waals surface area contributed by atoms with Gasteiger partial charge in [0.1, 0.15) is 4.47 Å². The highest BCUT2D eigenvalue weighted by molar-refractivity contribution is 9.10. The third kappa shape index (κ3) is 2.70. The van der Waals surface area contributed by atoms with Gasteiger partial charge in [-0.2, -0.15) is 0 Å². The molecule has 98 valence electrons. The van der Waals surface area contributed by atoms with Crippen LogP contribution in [-0.2, 0) is 6.54 Å². The van der Waals surface area contributed by atoms with E-state index in [1.807, 2.05) is 0 Å². The molecule has 0 aliphatic heterocycles. The van der Waals surface area contributed by atoms with Crippen molar-refractivity contribution in [2.45, 2.75) is 13.5 Å². The fourth-order valence-electron chi connectivity index (χ4n) is 1.67. The molecule has 0 saturated carbocycles. The summed E-state index contributed by atoms with van der Waals surface area (Å²) in [6.45, 7) is 1.82. The van der Waals surface area contributed by atoms with E-state index in [0.717, 1.165) is 0 Å². The van der Waals surface area contributed by atoms with Crippen LogP contribution in [0.3, 0.4) is 0 Å². The molecule has 2 aromatic rings. The number of hydrogen-bond acceptors (Lipinski definition) is 4. The molecular formula is C12H10BrN3O3. The molecule has 6 nitrogen and oxygen atoms in total. The van der Waals surface area contributed by atoms with E-state index in [1.165, 1.54) is 17.0 Å². The lowest BCUT2D eigenvalue weighted by Crippen LogP contribution is -2.23. The predicted octanol–water partition coefficient (Wildman–Crippen LogP) is 2.27. The largest absolute Gasteiger partial charge is 0.294 e. The van der Waals surface area contributed by atoms with E-state index < -0.39 is 4.92 Å². The van der Waals surface area contributed by atoms with Gasteiger partial charge >= 0.3 is 0 Å². The average molecular weight is 324 g/mol. The lowest BCUT2D eigenvalue weighted by molar-refractivity contribution is -0.385. The third-order valence-electron chi connectivity index (χ3n) is 2.69. The van der Waals surface area contributed by atoms with Gasteiger partial charge in [0.05, 0.1) is 23.5 Å². The molecule has 0 bridgehead atoms. The fraction of sp³-hybridized carbons (Fsp3) is 0.167. The molecule has 0 atom stereocenters. The SMILES string of the molecule is Cc1ncn(Cc2ccccc2[N+](=O)[O-])c(=O)c1Br. The molecule has 19 heavy (non-hydrogen) atoms. The predicted molar refractivity (Wildman–Crippen MR) is 73.1 cm³/mol. The summed E-state index contributed by atoms with van der Waals surface area (Å²) in [5, 5.41) is 10.9. The standard InChI is InChI=1S/C12H10BrN3O3/c1-8-11(13)12(17)15(7-14-8)6-9-4-2-3-5-10(9)16(18)19/h2-5,7H,6H2,1H3. The maximum Gasteiger partial charge on any atom is 0.274 e. The van der Waals surface area contributed by atoms with Crippen LogP contribution in [-0.4, -0.2) is 14.5 Å².